The average molecular weight is 453 g/mol. The van der Waals surface area contributed by atoms with Crippen molar-refractivity contribution in [2.75, 3.05) is 24.5 Å². The predicted octanol–water partition coefficient (Wildman–Crippen LogP) is 6.16. The molecule has 0 spiro atoms. The van der Waals surface area contributed by atoms with Crippen molar-refractivity contribution < 1.29 is 4.79 Å². The van der Waals surface area contributed by atoms with Crippen molar-refractivity contribution in [2.45, 2.75) is 37.8 Å². The second-order valence-electron chi connectivity index (χ2n) is 7.73. The first-order valence-electron chi connectivity index (χ1n) is 10.0. The van der Waals surface area contributed by atoms with Crippen LogP contribution < -0.4 is 10.2 Å². The zero-order valence-corrected chi connectivity index (χ0v) is 18.4. The molecule has 2 fully saturated rings. The van der Waals surface area contributed by atoms with E-state index < -0.39 is 0 Å². The van der Waals surface area contributed by atoms with Crippen LogP contribution in [0.5, 0.6) is 0 Å². The fourth-order valence-electron chi connectivity index (χ4n) is 4.28. The van der Waals surface area contributed by atoms with E-state index in [0.717, 1.165) is 24.1 Å². The number of carbonyl (C=O) groups is 1. The number of nitrogens with one attached hydrogen (secondary N) is 1. The lowest BCUT2D eigenvalue weighted by atomic mass is 10.0. The second-order valence-corrected chi connectivity index (χ2v) is 9.01. The molecule has 1 N–H and O–H groups in total. The van der Waals surface area contributed by atoms with Gasteiger partial charge in [-0.25, -0.2) is 4.79 Å². The van der Waals surface area contributed by atoms with E-state index in [1.807, 2.05) is 41.3 Å². The predicted molar refractivity (Wildman–Crippen MR) is 120 cm³/mol. The number of amides is 2. The third kappa shape index (κ3) is 4.76. The van der Waals surface area contributed by atoms with E-state index in [1.165, 1.54) is 12.8 Å². The van der Waals surface area contributed by atoms with Crippen LogP contribution in [0.15, 0.2) is 42.5 Å². The fourth-order valence-corrected chi connectivity index (χ4v) is 4.92. The van der Waals surface area contributed by atoms with Gasteiger partial charge in [0.2, 0.25) is 0 Å². The third-order valence-corrected chi connectivity index (χ3v) is 6.61. The van der Waals surface area contributed by atoms with Crippen LogP contribution >= 0.6 is 34.8 Å². The first-order chi connectivity index (χ1) is 14.0. The number of carbonyl (C=O) groups excluding carboxylic acids is 1. The lowest BCUT2D eigenvalue weighted by Gasteiger charge is -2.43. The largest absolute Gasteiger partial charge is 0.360 e. The average Bonchev–Trinajstić information content (AvgIpc) is 3.21. The Balaban J connectivity index is 1.58. The van der Waals surface area contributed by atoms with Crippen molar-refractivity contribution in [1.29, 1.82) is 0 Å². The van der Waals surface area contributed by atoms with E-state index >= 15 is 0 Å². The number of hydrogen-bond donors (Lipinski definition) is 1. The number of nitrogens with zero attached hydrogens (tertiary/aromatic N) is 2. The Morgan fingerprint density at radius 3 is 2.31 bits per heavy atom. The Hall–Kier alpha value is -1.62. The van der Waals surface area contributed by atoms with Gasteiger partial charge in [-0.3, -0.25) is 0 Å². The molecule has 4 nitrogen and oxygen atoms in total. The van der Waals surface area contributed by atoms with Crippen molar-refractivity contribution >= 4 is 46.5 Å². The zero-order chi connectivity index (χ0) is 20.4. The molecule has 1 unspecified atom stereocenters. The van der Waals surface area contributed by atoms with Crippen molar-refractivity contribution in [3.05, 3.63) is 63.1 Å². The molecule has 0 bridgehead atoms. The summed E-state index contributed by atoms with van der Waals surface area (Å²) in [6.07, 6.45) is 4.54. The SMILES string of the molecule is O=C(NC1CCCC1)N1CCN(c2ccc(Cl)cc2Cl)C(c2ccc(Cl)cc2)C1. The highest BCUT2D eigenvalue weighted by Crippen LogP contribution is 2.37. The van der Waals surface area contributed by atoms with E-state index in [0.29, 0.717) is 40.7 Å². The first kappa shape index (κ1) is 20.6. The molecule has 1 heterocycles. The summed E-state index contributed by atoms with van der Waals surface area (Å²) in [4.78, 5) is 17.0. The van der Waals surface area contributed by atoms with Crippen LogP contribution in [0.2, 0.25) is 15.1 Å². The van der Waals surface area contributed by atoms with Crippen LogP contribution in [0.4, 0.5) is 10.5 Å². The van der Waals surface area contributed by atoms with Gasteiger partial charge in [0.25, 0.3) is 0 Å². The summed E-state index contributed by atoms with van der Waals surface area (Å²) in [5.74, 6) is 0. The van der Waals surface area contributed by atoms with Gasteiger partial charge in [0.15, 0.2) is 0 Å². The van der Waals surface area contributed by atoms with E-state index in [2.05, 4.69) is 10.2 Å². The molecular formula is C22H24Cl3N3O. The molecule has 29 heavy (non-hydrogen) atoms. The molecule has 4 rings (SSSR count). The Bertz CT molecular complexity index is 868. The molecule has 7 heteroatoms. The molecular weight excluding hydrogens is 429 g/mol. The Morgan fingerprint density at radius 2 is 1.62 bits per heavy atom. The third-order valence-electron chi connectivity index (χ3n) is 5.82. The van der Waals surface area contributed by atoms with Crippen LogP contribution in [0.3, 0.4) is 0 Å². The summed E-state index contributed by atoms with van der Waals surface area (Å²) in [6, 6.07) is 13.7. The van der Waals surface area contributed by atoms with Gasteiger partial charge in [-0.05, 0) is 48.7 Å². The minimum atomic E-state index is -0.0194. The summed E-state index contributed by atoms with van der Waals surface area (Å²) in [7, 11) is 0. The number of rotatable bonds is 3. The van der Waals surface area contributed by atoms with Gasteiger partial charge in [-0.2, -0.15) is 0 Å². The van der Waals surface area contributed by atoms with E-state index in [9.17, 15) is 4.79 Å². The molecule has 1 saturated heterocycles. The molecule has 2 aliphatic rings. The summed E-state index contributed by atoms with van der Waals surface area (Å²) in [5.41, 5.74) is 2.02. The minimum absolute atomic E-state index is 0.0194. The van der Waals surface area contributed by atoms with E-state index in [-0.39, 0.29) is 12.1 Å². The lowest BCUT2D eigenvalue weighted by molar-refractivity contribution is 0.181. The normalized spacial score (nSPS) is 20.2. The zero-order valence-electron chi connectivity index (χ0n) is 16.1. The van der Waals surface area contributed by atoms with Gasteiger partial charge < -0.3 is 15.1 Å². The molecule has 154 valence electrons. The van der Waals surface area contributed by atoms with Crippen LogP contribution in [0.25, 0.3) is 0 Å². The first-order valence-corrected chi connectivity index (χ1v) is 11.2. The Labute approximate surface area is 186 Å². The van der Waals surface area contributed by atoms with Gasteiger partial charge in [0.05, 0.1) is 16.8 Å². The number of hydrogen-bond acceptors (Lipinski definition) is 2. The summed E-state index contributed by atoms with van der Waals surface area (Å²) < 4.78 is 0. The highest BCUT2D eigenvalue weighted by Gasteiger charge is 2.32. The summed E-state index contributed by atoms with van der Waals surface area (Å²) in [5, 5.41) is 5.12. The topological polar surface area (TPSA) is 35.6 Å². The fraction of sp³-hybridized carbons (Fsp3) is 0.409. The molecule has 0 aromatic heterocycles. The van der Waals surface area contributed by atoms with Gasteiger partial charge in [-0.1, -0.05) is 59.8 Å². The quantitative estimate of drug-likeness (QED) is 0.605. The Morgan fingerprint density at radius 1 is 0.931 bits per heavy atom. The van der Waals surface area contributed by atoms with Crippen molar-refractivity contribution in [1.82, 2.24) is 10.2 Å². The van der Waals surface area contributed by atoms with Gasteiger partial charge >= 0.3 is 6.03 Å². The second kappa shape index (κ2) is 9.03. The van der Waals surface area contributed by atoms with Crippen LogP contribution in [-0.2, 0) is 0 Å². The summed E-state index contributed by atoms with van der Waals surface area (Å²) in [6.45, 7) is 1.91. The number of halogens is 3. The van der Waals surface area contributed by atoms with Crippen molar-refractivity contribution in [3.8, 4) is 0 Å². The van der Waals surface area contributed by atoms with E-state index in [1.54, 1.807) is 6.07 Å². The maximum absolute atomic E-state index is 12.9. The molecule has 2 amide bonds. The maximum atomic E-state index is 12.9. The highest BCUT2D eigenvalue weighted by molar-refractivity contribution is 6.36. The minimum Gasteiger partial charge on any atom is -0.360 e. The monoisotopic (exact) mass is 451 g/mol. The van der Waals surface area contributed by atoms with Crippen LogP contribution in [-0.4, -0.2) is 36.6 Å². The number of piperazine rings is 1. The standard InChI is InChI=1S/C22H24Cl3N3O/c23-16-7-5-15(6-8-16)21-14-27(22(29)26-18-3-1-2-4-18)11-12-28(21)20-10-9-17(24)13-19(20)25/h5-10,13,18,21H,1-4,11-12,14H2,(H,26,29). The van der Waals surface area contributed by atoms with E-state index in [4.69, 9.17) is 34.8 Å². The van der Waals surface area contributed by atoms with Gasteiger partial charge in [0.1, 0.15) is 0 Å². The number of urea groups is 1. The van der Waals surface area contributed by atoms with Crippen LogP contribution in [0, 0.1) is 0 Å². The number of anilines is 1. The maximum Gasteiger partial charge on any atom is 0.317 e. The molecule has 1 atom stereocenters. The molecule has 1 aliphatic heterocycles. The molecule has 2 aromatic rings. The smallest absolute Gasteiger partial charge is 0.317 e. The van der Waals surface area contributed by atoms with Crippen molar-refractivity contribution in [2.24, 2.45) is 0 Å². The van der Waals surface area contributed by atoms with Crippen molar-refractivity contribution in [3.63, 3.8) is 0 Å². The molecule has 0 radical (unpaired) electrons. The number of benzene rings is 2. The van der Waals surface area contributed by atoms with Gasteiger partial charge in [0, 0.05) is 35.7 Å². The molecule has 2 aromatic carbocycles. The van der Waals surface area contributed by atoms with Crippen LogP contribution in [0.1, 0.15) is 37.3 Å². The summed E-state index contributed by atoms with van der Waals surface area (Å²) >= 11 is 18.7. The molecule has 1 aliphatic carbocycles. The Kier molecular flexibility index (Phi) is 6.43. The molecule has 1 saturated carbocycles. The lowest BCUT2D eigenvalue weighted by Crippen LogP contribution is -2.54. The van der Waals surface area contributed by atoms with Gasteiger partial charge in [-0.15, -0.1) is 0 Å². The highest BCUT2D eigenvalue weighted by atomic mass is 35.5.